The molecule has 9 heteroatoms. The number of methoxy groups -OCH3 is 3. The molecule has 0 bridgehead atoms. The Hall–Kier alpha value is -4.01. The maximum Gasteiger partial charge on any atom is 0.161 e. The zero-order valence-electron chi connectivity index (χ0n) is 20.5. The van der Waals surface area contributed by atoms with Crippen molar-refractivity contribution in [1.29, 1.82) is 0 Å². The first kappa shape index (κ1) is 22.8. The summed E-state index contributed by atoms with van der Waals surface area (Å²) in [5.74, 6) is 5.67. The van der Waals surface area contributed by atoms with Crippen LogP contribution in [0.3, 0.4) is 0 Å². The van der Waals surface area contributed by atoms with Crippen molar-refractivity contribution in [3.63, 3.8) is 0 Å². The van der Waals surface area contributed by atoms with Crippen LogP contribution in [0.25, 0.3) is 5.82 Å². The zero-order chi connectivity index (χ0) is 24.5. The second-order valence-corrected chi connectivity index (χ2v) is 8.62. The number of nitrogens with zero attached hydrogens (tertiary/aromatic N) is 6. The highest BCUT2D eigenvalue weighted by Crippen LogP contribution is 2.53. The van der Waals surface area contributed by atoms with E-state index < -0.39 is 0 Å². The van der Waals surface area contributed by atoms with E-state index in [9.17, 15) is 0 Å². The molecule has 35 heavy (non-hydrogen) atoms. The first-order chi connectivity index (χ1) is 17.0. The van der Waals surface area contributed by atoms with Gasteiger partial charge in [0.05, 0.1) is 33.2 Å². The van der Waals surface area contributed by atoms with Gasteiger partial charge in [0.1, 0.15) is 23.2 Å². The Bertz CT molecular complexity index is 1350. The standard InChI is InChI=1S/C26H28N6O3/c1-15-28-22(20-12-19(20)21-8-7-18(33-3)14-27-21)13-26(29-15)32-25(30-16(2)31-32)11-17-6-9-23(34-4)24(10-17)35-5/h6-10,13-14,19-20H,11-12H2,1-5H3/t19-,20-/m1/s1. The lowest BCUT2D eigenvalue weighted by molar-refractivity contribution is 0.354. The molecule has 9 nitrogen and oxygen atoms in total. The molecule has 2 atom stereocenters. The molecule has 180 valence electrons. The molecule has 1 saturated carbocycles. The maximum atomic E-state index is 5.46. The minimum absolute atomic E-state index is 0.301. The van der Waals surface area contributed by atoms with Gasteiger partial charge in [-0.25, -0.2) is 15.0 Å². The number of pyridine rings is 1. The van der Waals surface area contributed by atoms with Crippen LogP contribution in [0.5, 0.6) is 17.2 Å². The van der Waals surface area contributed by atoms with E-state index in [-0.39, 0.29) is 0 Å². The van der Waals surface area contributed by atoms with Gasteiger partial charge in [-0.3, -0.25) is 4.98 Å². The Kier molecular flexibility index (Phi) is 6.07. The predicted octanol–water partition coefficient (Wildman–Crippen LogP) is 3.96. The van der Waals surface area contributed by atoms with Gasteiger partial charge in [-0.15, -0.1) is 5.10 Å². The van der Waals surface area contributed by atoms with Crippen molar-refractivity contribution in [2.24, 2.45) is 0 Å². The number of hydrogen-bond acceptors (Lipinski definition) is 8. The van der Waals surface area contributed by atoms with Crippen molar-refractivity contribution in [3.05, 3.63) is 77.0 Å². The van der Waals surface area contributed by atoms with Crippen LogP contribution in [0, 0.1) is 13.8 Å². The van der Waals surface area contributed by atoms with Crippen molar-refractivity contribution in [2.75, 3.05) is 21.3 Å². The average molecular weight is 473 g/mol. The van der Waals surface area contributed by atoms with E-state index in [0.717, 1.165) is 40.8 Å². The minimum atomic E-state index is 0.301. The number of aryl methyl sites for hydroxylation is 2. The fraction of sp³-hybridized carbons (Fsp3) is 0.346. The molecule has 0 unspecified atom stereocenters. The first-order valence-corrected chi connectivity index (χ1v) is 11.5. The van der Waals surface area contributed by atoms with Gasteiger partial charge in [0.2, 0.25) is 0 Å². The molecule has 0 amide bonds. The Morgan fingerprint density at radius 1 is 0.829 bits per heavy atom. The second-order valence-electron chi connectivity index (χ2n) is 8.62. The molecule has 4 aromatic rings. The highest BCUT2D eigenvalue weighted by molar-refractivity contribution is 5.44. The second kappa shape index (κ2) is 9.32. The molecule has 0 aliphatic heterocycles. The molecule has 0 saturated heterocycles. The van der Waals surface area contributed by atoms with Gasteiger partial charge >= 0.3 is 0 Å². The minimum Gasteiger partial charge on any atom is -0.495 e. The summed E-state index contributed by atoms with van der Waals surface area (Å²) in [6, 6.07) is 11.9. The Labute approximate surface area is 204 Å². The molecule has 1 aliphatic carbocycles. The monoisotopic (exact) mass is 472 g/mol. The van der Waals surface area contributed by atoms with Gasteiger partial charge in [0.25, 0.3) is 0 Å². The molecule has 0 N–H and O–H groups in total. The summed E-state index contributed by atoms with van der Waals surface area (Å²) in [4.78, 5) is 18.7. The molecule has 0 spiro atoms. The van der Waals surface area contributed by atoms with Crippen LogP contribution in [0.4, 0.5) is 0 Å². The number of hydrogen-bond donors (Lipinski definition) is 0. The van der Waals surface area contributed by atoms with Crippen LogP contribution in [-0.4, -0.2) is 51.0 Å². The Morgan fingerprint density at radius 2 is 1.63 bits per heavy atom. The quantitative estimate of drug-likeness (QED) is 0.380. The largest absolute Gasteiger partial charge is 0.495 e. The van der Waals surface area contributed by atoms with Crippen LogP contribution in [0.15, 0.2) is 42.6 Å². The number of aromatic nitrogens is 6. The van der Waals surface area contributed by atoms with Gasteiger partial charge in [0.15, 0.2) is 17.3 Å². The van der Waals surface area contributed by atoms with Crippen molar-refractivity contribution >= 4 is 0 Å². The lowest BCUT2D eigenvalue weighted by Crippen LogP contribution is -2.09. The van der Waals surface area contributed by atoms with Crippen LogP contribution < -0.4 is 14.2 Å². The van der Waals surface area contributed by atoms with E-state index in [0.29, 0.717) is 41.4 Å². The third-order valence-corrected chi connectivity index (χ3v) is 6.20. The normalized spacial score (nSPS) is 16.7. The number of rotatable bonds is 8. The predicted molar refractivity (Wildman–Crippen MR) is 130 cm³/mol. The van der Waals surface area contributed by atoms with E-state index >= 15 is 0 Å². The highest BCUT2D eigenvalue weighted by atomic mass is 16.5. The van der Waals surface area contributed by atoms with E-state index in [2.05, 4.69) is 20.1 Å². The molecular weight excluding hydrogens is 444 g/mol. The summed E-state index contributed by atoms with van der Waals surface area (Å²) in [5, 5.41) is 4.64. The fourth-order valence-corrected chi connectivity index (χ4v) is 4.38. The molecular formula is C26H28N6O3. The average Bonchev–Trinajstić information content (AvgIpc) is 3.59. The SMILES string of the molecule is COc1ccc([C@@H]2C[C@H]2c2cc(-n3nc(C)nc3Cc3ccc(OC)c(OC)c3)nc(C)n2)nc1. The zero-order valence-corrected chi connectivity index (χ0v) is 20.5. The van der Waals surface area contributed by atoms with Gasteiger partial charge in [-0.05, 0) is 50.1 Å². The smallest absolute Gasteiger partial charge is 0.161 e. The Balaban J connectivity index is 1.42. The summed E-state index contributed by atoms with van der Waals surface area (Å²) in [7, 11) is 4.90. The van der Waals surface area contributed by atoms with Crippen molar-refractivity contribution in [3.8, 4) is 23.1 Å². The van der Waals surface area contributed by atoms with E-state index in [1.807, 2.05) is 54.9 Å². The van der Waals surface area contributed by atoms with Crippen LogP contribution >= 0.6 is 0 Å². The lowest BCUT2D eigenvalue weighted by atomic mass is 10.1. The number of benzene rings is 1. The molecule has 1 fully saturated rings. The lowest BCUT2D eigenvalue weighted by Gasteiger charge is -2.11. The first-order valence-electron chi connectivity index (χ1n) is 11.5. The molecule has 3 aromatic heterocycles. The molecule has 5 rings (SSSR count). The van der Waals surface area contributed by atoms with E-state index in [1.54, 1.807) is 27.5 Å². The summed E-state index contributed by atoms with van der Waals surface area (Å²) in [6.07, 6.45) is 3.34. The molecule has 3 heterocycles. The fourth-order valence-electron chi connectivity index (χ4n) is 4.38. The van der Waals surface area contributed by atoms with Crippen LogP contribution in [-0.2, 0) is 6.42 Å². The molecule has 1 aliphatic rings. The van der Waals surface area contributed by atoms with E-state index in [4.69, 9.17) is 19.2 Å². The van der Waals surface area contributed by atoms with Gasteiger partial charge in [-0.1, -0.05) is 6.07 Å². The summed E-state index contributed by atoms with van der Waals surface area (Å²) in [5.41, 5.74) is 3.09. The van der Waals surface area contributed by atoms with Crippen molar-refractivity contribution in [1.82, 2.24) is 29.7 Å². The van der Waals surface area contributed by atoms with Gasteiger partial charge in [0, 0.05) is 30.0 Å². The topological polar surface area (TPSA) is 97.1 Å². The molecule has 0 radical (unpaired) electrons. The summed E-state index contributed by atoms with van der Waals surface area (Å²) in [6.45, 7) is 3.80. The van der Waals surface area contributed by atoms with Gasteiger partial charge < -0.3 is 14.2 Å². The number of ether oxygens (including phenoxy) is 3. The van der Waals surface area contributed by atoms with Crippen molar-refractivity contribution in [2.45, 2.75) is 38.5 Å². The van der Waals surface area contributed by atoms with Crippen molar-refractivity contribution < 1.29 is 14.2 Å². The summed E-state index contributed by atoms with van der Waals surface area (Å²) >= 11 is 0. The Morgan fingerprint density at radius 3 is 2.34 bits per heavy atom. The summed E-state index contributed by atoms with van der Waals surface area (Å²) < 4.78 is 17.9. The third-order valence-electron chi connectivity index (χ3n) is 6.20. The highest BCUT2D eigenvalue weighted by Gasteiger charge is 2.42. The van der Waals surface area contributed by atoms with E-state index in [1.165, 1.54) is 0 Å². The van der Waals surface area contributed by atoms with Crippen LogP contribution in [0.1, 0.15) is 52.7 Å². The third kappa shape index (κ3) is 4.66. The maximum absolute atomic E-state index is 5.46. The van der Waals surface area contributed by atoms with Gasteiger partial charge in [-0.2, -0.15) is 4.68 Å². The van der Waals surface area contributed by atoms with Crippen LogP contribution in [0.2, 0.25) is 0 Å². The molecule has 1 aromatic carbocycles.